The fourth-order valence-electron chi connectivity index (χ4n) is 5.09. The molecule has 0 aliphatic carbocycles. The molecule has 2 aliphatic heterocycles. The molecule has 0 amide bonds. The minimum absolute atomic E-state index is 0.629. The van der Waals surface area contributed by atoms with E-state index >= 15 is 0 Å². The van der Waals surface area contributed by atoms with Crippen LogP contribution < -0.4 is 5.32 Å². The SMILES string of the molecule is CN1C2CC[C@@H]1C(CN(CCS)CCNCCS)C(c1ccc(Cl)cc1)C2. The van der Waals surface area contributed by atoms with Gasteiger partial charge in [0.05, 0.1) is 0 Å². The molecule has 4 atom stereocenters. The van der Waals surface area contributed by atoms with Crippen molar-refractivity contribution in [3.63, 3.8) is 0 Å². The molecular formula is C21H34ClN3S2. The van der Waals surface area contributed by atoms with Gasteiger partial charge in [-0.3, -0.25) is 0 Å². The second-order valence-corrected chi connectivity index (χ2v) is 9.35. The maximum absolute atomic E-state index is 6.15. The largest absolute Gasteiger partial charge is 0.315 e. The van der Waals surface area contributed by atoms with E-state index in [-0.39, 0.29) is 0 Å². The van der Waals surface area contributed by atoms with Gasteiger partial charge in [0, 0.05) is 61.3 Å². The summed E-state index contributed by atoms with van der Waals surface area (Å²) in [5.41, 5.74) is 1.47. The van der Waals surface area contributed by atoms with Crippen molar-refractivity contribution in [3.8, 4) is 0 Å². The summed E-state index contributed by atoms with van der Waals surface area (Å²) in [5, 5.41) is 4.32. The zero-order valence-electron chi connectivity index (χ0n) is 16.4. The van der Waals surface area contributed by atoms with Gasteiger partial charge in [0.2, 0.25) is 0 Å². The van der Waals surface area contributed by atoms with Crippen LogP contribution in [0.15, 0.2) is 24.3 Å². The van der Waals surface area contributed by atoms with Gasteiger partial charge in [0.1, 0.15) is 0 Å². The summed E-state index contributed by atoms with van der Waals surface area (Å²) in [6.45, 7) is 5.28. The second-order valence-electron chi connectivity index (χ2n) is 8.02. The Morgan fingerprint density at radius 3 is 2.59 bits per heavy atom. The summed E-state index contributed by atoms with van der Waals surface area (Å²) < 4.78 is 0. The quantitative estimate of drug-likeness (QED) is 0.391. The molecule has 6 heteroatoms. The fraction of sp³-hybridized carbons (Fsp3) is 0.714. The van der Waals surface area contributed by atoms with Crippen molar-refractivity contribution in [1.82, 2.24) is 15.1 Å². The molecule has 2 saturated heterocycles. The third-order valence-corrected chi connectivity index (χ3v) is 7.18. The number of piperidine rings is 1. The highest BCUT2D eigenvalue weighted by Gasteiger charge is 2.46. The van der Waals surface area contributed by atoms with E-state index in [2.05, 4.69) is 71.7 Å². The molecule has 1 aromatic rings. The maximum Gasteiger partial charge on any atom is 0.0406 e. The summed E-state index contributed by atoms with van der Waals surface area (Å²) in [6, 6.07) is 10.0. The highest BCUT2D eigenvalue weighted by Crippen LogP contribution is 2.46. The summed E-state index contributed by atoms with van der Waals surface area (Å²) >= 11 is 15.0. The lowest BCUT2D eigenvalue weighted by Gasteiger charge is -2.45. The van der Waals surface area contributed by atoms with Crippen molar-refractivity contribution >= 4 is 36.9 Å². The van der Waals surface area contributed by atoms with Crippen LogP contribution in [-0.2, 0) is 0 Å². The van der Waals surface area contributed by atoms with Crippen LogP contribution in [0, 0.1) is 5.92 Å². The molecule has 0 radical (unpaired) electrons. The molecule has 3 unspecified atom stereocenters. The Bertz CT molecular complexity index is 571. The Kier molecular flexibility index (Phi) is 8.67. The normalized spacial score (nSPS) is 28.2. The summed E-state index contributed by atoms with van der Waals surface area (Å²) in [6.07, 6.45) is 3.95. The number of hydrogen-bond acceptors (Lipinski definition) is 5. The van der Waals surface area contributed by atoms with Crippen LogP contribution in [0.1, 0.15) is 30.7 Å². The Hall–Kier alpha value is 0.0900. The first-order valence-electron chi connectivity index (χ1n) is 10.3. The number of nitrogens with one attached hydrogen (secondary N) is 1. The van der Waals surface area contributed by atoms with Gasteiger partial charge in [-0.2, -0.15) is 25.3 Å². The van der Waals surface area contributed by atoms with Crippen LogP contribution >= 0.6 is 36.9 Å². The predicted molar refractivity (Wildman–Crippen MR) is 124 cm³/mol. The Labute approximate surface area is 181 Å². The number of hydrogen-bond donors (Lipinski definition) is 3. The van der Waals surface area contributed by atoms with Crippen LogP contribution in [0.25, 0.3) is 0 Å². The van der Waals surface area contributed by atoms with Crippen molar-refractivity contribution in [1.29, 1.82) is 0 Å². The highest BCUT2D eigenvalue weighted by atomic mass is 35.5. The van der Waals surface area contributed by atoms with Crippen LogP contribution in [0.3, 0.4) is 0 Å². The van der Waals surface area contributed by atoms with Gasteiger partial charge < -0.3 is 15.1 Å². The molecule has 2 heterocycles. The average Bonchev–Trinajstić information content (AvgIpc) is 2.91. The van der Waals surface area contributed by atoms with E-state index in [0.717, 1.165) is 55.3 Å². The summed E-state index contributed by atoms with van der Waals surface area (Å²) in [7, 11) is 2.34. The fourth-order valence-corrected chi connectivity index (χ4v) is 5.66. The third kappa shape index (κ3) is 5.58. The number of thiol groups is 2. The van der Waals surface area contributed by atoms with E-state index in [9.17, 15) is 0 Å². The lowest BCUT2D eigenvalue weighted by atomic mass is 9.76. The Balaban J connectivity index is 1.73. The van der Waals surface area contributed by atoms with Crippen molar-refractivity contribution in [2.45, 2.75) is 37.3 Å². The van der Waals surface area contributed by atoms with E-state index in [4.69, 9.17) is 11.6 Å². The van der Waals surface area contributed by atoms with Gasteiger partial charge in [-0.1, -0.05) is 23.7 Å². The zero-order valence-corrected chi connectivity index (χ0v) is 18.9. The lowest BCUT2D eigenvalue weighted by Crippen LogP contribution is -2.50. The smallest absolute Gasteiger partial charge is 0.0406 e. The minimum atomic E-state index is 0.629. The maximum atomic E-state index is 6.15. The molecule has 152 valence electrons. The molecule has 0 aromatic heterocycles. The third-order valence-electron chi connectivity index (χ3n) is 6.51. The van der Waals surface area contributed by atoms with Crippen LogP contribution in [-0.4, -0.2) is 73.2 Å². The Morgan fingerprint density at radius 2 is 1.89 bits per heavy atom. The molecule has 3 rings (SSSR count). The van der Waals surface area contributed by atoms with Crippen molar-refractivity contribution in [2.75, 3.05) is 51.3 Å². The van der Waals surface area contributed by atoms with Crippen molar-refractivity contribution in [2.24, 2.45) is 5.92 Å². The van der Waals surface area contributed by atoms with E-state index in [1.165, 1.54) is 24.8 Å². The molecular weight excluding hydrogens is 394 g/mol. The summed E-state index contributed by atoms with van der Waals surface area (Å²) in [4.78, 5) is 5.27. The first-order valence-corrected chi connectivity index (χ1v) is 11.9. The van der Waals surface area contributed by atoms with Gasteiger partial charge in [-0.15, -0.1) is 0 Å². The number of benzene rings is 1. The predicted octanol–water partition coefficient (Wildman–Crippen LogP) is 3.66. The van der Waals surface area contributed by atoms with Crippen LogP contribution in [0.2, 0.25) is 5.02 Å². The van der Waals surface area contributed by atoms with E-state index in [1.807, 2.05) is 0 Å². The van der Waals surface area contributed by atoms with Crippen molar-refractivity contribution < 1.29 is 0 Å². The molecule has 0 saturated carbocycles. The molecule has 1 N–H and O–H groups in total. The zero-order chi connectivity index (χ0) is 19.2. The van der Waals surface area contributed by atoms with Crippen LogP contribution in [0.5, 0.6) is 0 Å². The number of rotatable bonds is 10. The number of fused-ring (bicyclic) bond motifs is 2. The number of halogens is 1. The van der Waals surface area contributed by atoms with Gasteiger partial charge >= 0.3 is 0 Å². The number of nitrogens with zero attached hydrogens (tertiary/aromatic N) is 2. The summed E-state index contributed by atoms with van der Waals surface area (Å²) in [5.74, 6) is 3.10. The average molecular weight is 428 g/mol. The van der Waals surface area contributed by atoms with Gasteiger partial charge in [-0.25, -0.2) is 0 Å². The topological polar surface area (TPSA) is 18.5 Å². The molecule has 2 bridgehead atoms. The lowest BCUT2D eigenvalue weighted by molar-refractivity contribution is 0.0728. The first-order chi connectivity index (χ1) is 13.1. The molecule has 3 nitrogen and oxygen atoms in total. The van der Waals surface area contributed by atoms with E-state index in [1.54, 1.807) is 0 Å². The molecule has 2 fully saturated rings. The minimum Gasteiger partial charge on any atom is -0.315 e. The van der Waals surface area contributed by atoms with Gasteiger partial charge in [-0.05, 0) is 55.8 Å². The van der Waals surface area contributed by atoms with Gasteiger partial charge in [0.15, 0.2) is 0 Å². The van der Waals surface area contributed by atoms with Gasteiger partial charge in [0.25, 0.3) is 0 Å². The van der Waals surface area contributed by atoms with E-state index in [0.29, 0.717) is 17.9 Å². The first kappa shape index (κ1) is 21.8. The van der Waals surface area contributed by atoms with Crippen molar-refractivity contribution in [3.05, 3.63) is 34.9 Å². The molecule has 0 spiro atoms. The highest BCUT2D eigenvalue weighted by molar-refractivity contribution is 7.80. The molecule has 2 aliphatic rings. The molecule has 27 heavy (non-hydrogen) atoms. The van der Waals surface area contributed by atoms with E-state index < -0.39 is 0 Å². The Morgan fingerprint density at radius 1 is 1.11 bits per heavy atom. The standard InChI is InChI=1S/C21H34ClN3S2/c1-24-18-6-7-21(24)20(15-25(11-13-27)10-8-23-9-12-26)19(14-18)16-2-4-17(22)5-3-16/h2-5,18-21,23,26-27H,6-15H2,1H3/t18?,19?,20?,21-/m1/s1. The monoisotopic (exact) mass is 427 g/mol. The van der Waals surface area contributed by atoms with Crippen LogP contribution in [0.4, 0.5) is 0 Å². The second kappa shape index (κ2) is 10.7. The molecule has 1 aromatic carbocycles.